The number of amides is 2. The zero-order valence-corrected chi connectivity index (χ0v) is 25.1. The van der Waals surface area contributed by atoms with Crippen LogP contribution >= 0.6 is 27.5 Å². The normalized spacial score (nSPS) is 12.4. The average Bonchev–Trinajstić information content (AvgIpc) is 3.00. The van der Waals surface area contributed by atoms with Gasteiger partial charge in [0.1, 0.15) is 5.92 Å². The molecule has 0 aromatic heterocycles. The summed E-state index contributed by atoms with van der Waals surface area (Å²) < 4.78 is 0.856. The Morgan fingerprint density at radius 2 is 1.20 bits per heavy atom. The van der Waals surface area contributed by atoms with Gasteiger partial charge in [0, 0.05) is 40.0 Å². The molecule has 2 N–H and O–H groups in total. The SMILES string of the molecule is CCC(C(=O)c1ccc(Br)cc1)C(c1ccc(Cl)cc1)C(C(=O)NCc1ccccc1)C(=O)NCc1ccccc1. The first-order chi connectivity index (χ1) is 19.9. The maximum absolute atomic E-state index is 14.0. The minimum absolute atomic E-state index is 0.128. The Morgan fingerprint density at radius 3 is 1.66 bits per heavy atom. The molecule has 5 nitrogen and oxygen atoms in total. The molecule has 0 fully saturated rings. The Hall–Kier alpha value is -3.74. The molecular formula is C34H32BrClN2O3. The van der Waals surface area contributed by atoms with Gasteiger partial charge in [-0.05, 0) is 47.4 Å². The van der Waals surface area contributed by atoms with Crippen LogP contribution in [-0.4, -0.2) is 17.6 Å². The van der Waals surface area contributed by atoms with E-state index in [1.54, 1.807) is 36.4 Å². The number of benzene rings is 4. The summed E-state index contributed by atoms with van der Waals surface area (Å²) in [6, 6.07) is 33.2. The van der Waals surface area contributed by atoms with Crippen LogP contribution in [0, 0.1) is 11.8 Å². The first-order valence-electron chi connectivity index (χ1n) is 13.6. The van der Waals surface area contributed by atoms with E-state index in [9.17, 15) is 14.4 Å². The lowest BCUT2D eigenvalue weighted by molar-refractivity contribution is -0.137. The van der Waals surface area contributed by atoms with Crippen molar-refractivity contribution in [3.8, 4) is 0 Å². The van der Waals surface area contributed by atoms with Gasteiger partial charge in [-0.15, -0.1) is 0 Å². The Bertz CT molecular complexity index is 1390. The van der Waals surface area contributed by atoms with E-state index in [1.807, 2.05) is 79.7 Å². The monoisotopic (exact) mass is 630 g/mol. The second-order valence-electron chi connectivity index (χ2n) is 9.85. The summed E-state index contributed by atoms with van der Waals surface area (Å²) in [5.74, 6) is -3.57. The summed E-state index contributed by atoms with van der Waals surface area (Å²) >= 11 is 9.64. The van der Waals surface area contributed by atoms with E-state index in [2.05, 4.69) is 26.6 Å². The van der Waals surface area contributed by atoms with Gasteiger partial charge in [0.05, 0.1) is 0 Å². The van der Waals surface area contributed by atoms with Crippen molar-refractivity contribution in [2.75, 3.05) is 0 Å². The second-order valence-corrected chi connectivity index (χ2v) is 11.2. The average molecular weight is 632 g/mol. The Labute approximate surface area is 254 Å². The maximum Gasteiger partial charge on any atom is 0.233 e. The number of hydrogen-bond donors (Lipinski definition) is 2. The molecule has 4 aromatic rings. The molecule has 0 aliphatic carbocycles. The highest BCUT2D eigenvalue weighted by Crippen LogP contribution is 2.38. The lowest BCUT2D eigenvalue weighted by Crippen LogP contribution is -2.46. The van der Waals surface area contributed by atoms with E-state index in [1.165, 1.54) is 0 Å². The molecule has 0 aliphatic rings. The number of carbonyl (C=O) groups is 3. The lowest BCUT2D eigenvalue weighted by atomic mass is 9.72. The van der Waals surface area contributed by atoms with Gasteiger partial charge in [-0.25, -0.2) is 0 Å². The minimum Gasteiger partial charge on any atom is -0.351 e. The quantitative estimate of drug-likeness (QED) is 0.127. The Morgan fingerprint density at radius 1 is 0.707 bits per heavy atom. The highest BCUT2D eigenvalue weighted by molar-refractivity contribution is 9.10. The standard InChI is InChI=1S/C34H32BrClN2O3/c1-2-29(32(39)26-13-17-27(35)18-14-26)30(25-15-19-28(36)20-16-25)31(33(40)37-21-23-9-5-3-6-10-23)34(41)38-22-24-11-7-4-8-12-24/h3-20,29-31H,2,21-22H2,1H3,(H,37,40)(H,38,41). The van der Waals surface area contributed by atoms with Crippen molar-refractivity contribution in [1.82, 2.24) is 10.6 Å². The zero-order valence-electron chi connectivity index (χ0n) is 22.7. The molecule has 0 heterocycles. The molecule has 7 heteroatoms. The van der Waals surface area contributed by atoms with Crippen molar-refractivity contribution >= 4 is 45.1 Å². The van der Waals surface area contributed by atoms with E-state index < -0.39 is 29.6 Å². The number of hydrogen-bond acceptors (Lipinski definition) is 3. The van der Waals surface area contributed by atoms with Crippen LogP contribution in [0.15, 0.2) is 114 Å². The number of Topliss-reactive ketones (excluding diaryl/α,β-unsaturated/α-hetero) is 1. The Balaban J connectivity index is 1.74. The number of nitrogens with one attached hydrogen (secondary N) is 2. The summed E-state index contributed by atoms with van der Waals surface area (Å²) in [4.78, 5) is 41.9. The van der Waals surface area contributed by atoms with Crippen LogP contribution in [0.25, 0.3) is 0 Å². The van der Waals surface area contributed by atoms with Gasteiger partial charge >= 0.3 is 0 Å². The van der Waals surface area contributed by atoms with Crippen LogP contribution in [0.4, 0.5) is 0 Å². The van der Waals surface area contributed by atoms with E-state index in [-0.39, 0.29) is 18.9 Å². The number of rotatable bonds is 12. The van der Waals surface area contributed by atoms with Gasteiger partial charge in [-0.1, -0.05) is 119 Å². The molecule has 41 heavy (non-hydrogen) atoms. The van der Waals surface area contributed by atoms with Crippen LogP contribution < -0.4 is 10.6 Å². The van der Waals surface area contributed by atoms with Crippen LogP contribution in [0.2, 0.25) is 5.02 Å². The van der Waals surface area contributed by atoms with Crippen molar-refractivity contribution in [3.63, 3.8) is 0 Å². The van der Waals surface area contributed by atoms with Crippen molar-refractivity contribution in [2.45, 2.75) is 32.4 Å². The predicted octanol–water partition coefficient (Wildman–Crippen LogP) is 7.34. The van der Waals surface area contributed by atoms with Crippen LogP contribution in [0.5, 0.6) is 0 Å². The molecule has 210 valence electrons. The minimum atomic E-state index is -1.17. The molecule has 2 amide bonds. The summed E-state index contributed by atoms with van der Waals surface area (Å²) in [7, 11) is 0. The van der Waals surface area contributed by atoms with Crippen molar-refractivity contribution in [2.24, 2.45) is 11.8 Å². The van der Waals surface area contributed by atoms with E-state index in [0.717, 1.165) is 15.6 Å². The van der Waals surface area contributed by atoms with Gasteiger partial charge in [0.25, 0.3) is 0 Å². The molecule has 4 aromatic carbocycles. The number of halogens is 2. The molecule has 0 saturated heterocycles. The third-order valence-corrected chi connectivity index (χ3v) is 7.92. The molecule has 0 spiro atoms. The van der Waals surface area contributed by atoms with Crippen molar-refractivity contribution < 1.29 is 14.4 Å². The van der Waals surface area contributed by atoms with Gasteiger partial charge in [-0.3, -0.25) is 14.4 Å². The molecule has 0 bridgehead atoms. The largest absolute Gasteiger partial charge is 0.351 e. The third-order valence-electron chi connectivity index (χ3n) is 7.14. The zero-order chi connectivity index (χ0) is 29.2. The fraction of sp³-hybridized carbons (Fsp3) is 0.206. The van der Waals surface area contributed by atoms with Gasteiger partial charge < -0.3 is 10.6 Å². The van der Waals surface area contributed by atoms with E-state index >= 15 is 0 Å². The maximum atomic E-state index is 14.0. The summed E-state index contributed by atoms with van der Waals surface area (Å²) in [5, 5.41) is 6.45. The number of carbonyl (C=O) groups excluding carboxylic acids is 3. The molecule has 2 unspecified atom stereocenters. The first kappa shape index (κ1) is 30.2. The van der Waals surface area contributed by atoms with Gasteiger partial charge in [0.15, 0.2) is 5.78 Å². The van der Waals surface area contributed by atoms with Gasteiger partial charge in [0.2, 0.25) is 11.8 Å². The topological polar surface area (TPSA) is 75.3 Å². The second kappa shape index (κ2) is 14.8. The highest BCUT2D eigenvalue weighted by Gasteiger charge is 2.42. The molecular weight excluding hydrogens is 600 g/mol. The predicted molar refractivity (Wildman–Crippen MR) is 167 cm³/mol. The van der Waals surface area contributed by atoms with Crippen molar-refractivity contribution in [1.29, 1.82) is 0 Å². The molecule has 0 saturated carbocycles. The van der Waals surface area contributed by atoms with Gasteiger partial charge in [-0.2, -0.15) is 0 Å². The van der Waals surface area contributed by atoms with Crippen LogP contribution in [0.3, 0.4) is 0 Å². The Kier molecular flexibility index (Phi) is 10.9. The smallest absolute Gasteiger partial charge is 0.233 e. The van der Waals surface area contributed by atoms with E-state index in [0.29, 0.717) is 22.6 Å². The summed E-state index contributed by atoms with van der Waals surface area (Å²) in [6.45, 7) is 2.42. The lowest BCUT2D eigenvalue weighted by Gasteiger charge is -2.32. The first-order valence-corrected chi connectivity index (χ1v) is 14.7. The van der Waals surface area contributed by atoms with Crippen molar-refractivity contribution in [3.05, 3.63) is 141 Å². The number of ketones is 1. The summed E-state index contributed by atoms with van der Waals surface area (Å²) in [5.41, 5.74) is 3.03. The van der Waals surface area contributed by atoms with E-state index in [4.69, 9.17) is 11.6 Å². The fourth-order valence-corrected chi connectivity index (χ4v) is 5.40. The molecule has 0 aliphatic heterocycles. The highest BCUT2D eigenvalue weighted by atomic mass is 79.9. The van der Waals surface area contributed by atoms with Crippen LogP contribution in [-0.2, 0) is 22.7 Å². The third kappa shape index (κ3) is 8.15. The molecule has 4 rings (SSSR count). The van der Waals surface area contributed by atoms with Crippen LogP contribution in [0.1, 0.15) is 46.3 Å². The summed E-state index contributed by atoms with van der Waals surface area (Å²) in [6.07, 6.45) is 0.427. The molecule has 2 atom stereocenters. The molecule has 0 radical (unpaired) electrons. The fourth-order valence-electron chi connectivity index (χ4n) is 5.01.